The number of nitrogens with zero attached hydrogens (tertiary/aromatic N) is 1. The van der Waals surface area contributed by atoms with Gasteiger partial charge < -0.3 is 0 Å². The fourth-order valence-electron chi connectivity index (χ4n) is 1.65. The molecule has 0 bridgehead atoms. The highest BCUT2D eigenvalue weighted by molar-refractivity contribution is 7.93. The van der Waals surface area contributed by atoms with Gasteiger partial charge in [-0.1, -0.05) is 26.0 Å². The number of nitrogens with one attached hydrogen (secondary N) is 1. The summed E-state index contributed by atoms with van der Waals surface area (Å²) >= 11 is 5.35. The minimum absolute atomic E-state index is 0.437. The predicted octanol–water partition coefficient (Wildman–Crippen LogP) is 2.47. The van der Waals surface area contributed by atoms with Gasteiger partial charge in [-0.25, -0.2) is 8.42 Å². The molecule has 0 fully saturated rings. The van der Waals surface area contributed by atoms with Crippen molar-refractivity contribution in [3.05, 3.63) is 29.8 Å². The Morgan fingerprint density at radius 2 is 1.94 bits per heavy atom. The number of sulfonamides is 1. The van der Waals surface area contributed by atoms with E-state index in [1.165, 1.54) is 0 Å². The van der Waals surface area contributed by atoms with Crippen LogP contribution in [0, 0.1) is 0 Å². The van der Waals surface area contributed by atoms with Crippen molar-refractivity contribution in [2.75, 3.05) is 23.0 Å². The van der Waals surface area contributed by atoms with E-state index in [2.05, 4.69) is 23.5 Å². The van der Waals surface area contributed by atoms with E-state index in [1.807, 2.05) is 18.2 Å². The van der Waals surface area contributed by atoms with Crippen LogP contribution >= 0.6 is 11.6 Å². The van der Waals surface area contributed by atoms with E-state index < -0.39 is 15.2 Å². The normalized spacial score (nSPS) is 11.8. The topological polar surface area (TPSA) is 49.4 Å². The van der Waals surface area contributed by atoms with Crippen LogP contribution < -0.4 is 4.72 Å². The van der Waals surface area contributed by atoms with Crippen LogP contribution in [-0.2, 0) is 16.6 Å². The molecule has 102 valence electrons. The molecular formula is C12H19ClN2O2S. The van der Waals surface area contributed by atoms with Crippen molar-refractivity contribution < 1.29 is 8.42 Å². The predicted molar refractivity (Wildman–Crippen MR) is 76.3 cm³/mol. The second kappa shape index (κ2) is 6.97. The van der Waals surface area contributed by atoms with Crippen molar-refractivity contribution in [3.8, 4) is 0 Å². The lowest BCUT2D eigenvalue weighted by Crippen LogP contribution is -2.22. The lowest BCUT2D eigenvalue weighted by molar-refractivity contribution is 0.296. The number of rotatable bonds is 7. The van der Waals surface area contributed by atoms with E-state index in [0.717, 1.165) is 25.2 Å². The van der Waals surface area contributed by atoms with E-state index in [4.69, 9.17) is 11.6 Å². The Labute approximate surface area is 114 Å². The third-order valence-electron chi connectivity index (χ3n) is 2.64. The number of benzene rings is 1. The molecule has 0 atom stereocenters. The van der Waals surface area contributed by atoms with Crippen molar-refractivity contribution >= 4 is 27.3 Å². The maximum atomic E-state index is 11.4. The number of hydrogen-bond acceptors (Lipinski definition) is 3. The van der Waals surface area contributed by atoms with E-state index >= 15 is 0 Å². The molecule has 0 unspecified atom stereocenters. The van der Waals surface area contributed by atoms with Gasteiger partial charge in [0.15, 0.2) is 0 Å². The molecule has 18 heavy (non-hydrogen) atoms. The van der Waals surface area contributed by atoms with Gasteiger partial charge in [-0.05, 0) is 30.8 Å². The highest BCUT2D eigenvalue weighted by Crippen LogP contribution is 2.14. The Hall–Kier alpha value is -0.780. The number of hydrogen-bond donors (Lipinski definition) is 1. The summed E-state index contributed by atoms with van der Waals surface area (Å²) in [5.41, 5.74) is 1.63. The number of anilines is 1. The fourth-order valence-corrected chi connectivity index (χ4v) is 2.35. The molecule has 0 amide bonds. The standard InChI is InChI=1S/C12H19ClN2O2S/c1-3-15(4-2)9-11-6-5-7-12(8-11)14-18(16,17)10-13/h5-8,14H,3-4,9-10H2,1-2H3. The van der Waals surface area contributed by atoms with E-state index in [1.54, 1.807) is 6.07 Å². The van der Waals surface area contributed by atoms with Crippen LogP contribution in [0.5, 0.6) is 0 Å². The second-order valence-corrected chi connectivity index (χ2v) is 6.29. The van der Waals surface area contributed by atoms with Crippen LogP contribution in [0.2, 0.25) is 0 Å². The summed E-state index contributed by atoms with van der Waals surface area (Å²) in [5, 5.41) is -0.437. The van der Waals surface area contributed by atoms with Gasteiger partial charge in [0.2, 0.25) is 10.0 Å². The monoisotopic (exact) mass is 290 g/mol. The Balaban J connectivity index is 2.79. The first-order valence-corrected chi connectivity index (χ1v) is 8.07. The van der Waals surface area contributed by atoms with Crippen molar-refractivity contribution in [1.82, 2.24) is 4.90 Å². The molecule has 1 aromatic rings. The highest BCUT2D eigenvalue weighted by Gasteiger charge is 2.08. The zero-order valence-corrected chi connectivity index (χ0v) is 12.3. The lowest BCUT2D eigenvalue weighted by atomic mass is 10.2. The maximum Gasteiger partial charge on any atom is 0.246 e. The quantitative estimate of drug-likeness (QED) is 0.785. The Kier molecular flexibility index (Phi) is 5.91. The highest BCUT2D eigenvalue weighted by atomic mass is 35.5. The minimum atomic E-state index is -3.43. The zero-order chi connectivity index (χ0) is 13.6. The molecule has 0 heterocycles. The Morgan fingerprint density at radius 1 is 1.28 bits per heavy atom. The summed E-state index contributed by atoms with van der Waals surface area (Å²) in [6, 6.07) is 7.37. The molecule has 0 aliphatic rings. The van der Waals surface area contributed by atoms with Gasteiger partial charge in [-0.3, -0.25) is 9.62 Å². The average Bonchev–Trinajstić information content (AvgIpc) is 2.36. The van der Waals surface area contributed by atoms with Crippen molar-refractivity contribution in [2.24, 2.45) is 0 Å². The molecule has 6 heteroatoms. The van der Waals surface area contributed by atoms with Crippen LogP contribution in [0.1, 0.15) is 19.4 Å². The van der Waals surface area contributed by atoms with Gasteiger partial charge in [0.05, 0.1) is 0 Å². The Morgan fingerprint density at radius 3 is 2.50 bits per heavy atom. The summed E-state index contributed by atoms with van der Waals surface area (Å²) in [4.78, 5) is 2.26. The maximum absolute atomic E-state index is 11.4. The zero-order valence-electron chi connectivity index (χ0n) is 10.7. The van der Waals surface area contributed by atoms with Crippen LogP contribution in [-0.4, -0.2) is 31.6 Å². The van der Waals surface area contributed by atoms with Gasteiger partial charge in [-0.2, -0.15) is 0 Å². The molecule has 4 nitrogen and oxygen atoms in total. The van der Waals surface area contributed by atoms with Gasteiger partial charge in [0, 0.05) is 12.2 Å². The minimum Gasteiger partial charge on any atom is -0.300 e. The largest absolute Gasteiger partial charge is 0.300 e. The van der Waals surface area contributed by atoms with Crippen LogP contribution in [0.25, 0.3) is 0 Å². The van der Waals surface area contributed by atoms with Crippen molar-refractivity contribution in [1.29, 1.82) is 0 Å². The fraction of sp³-hybridized carbons (Fsp3) is 0.500. The first kappa shape index (κ1) is 15.3. The summed E-state index contributed by atoms with van der Waals surface area (Å²) in [6.45, 7) is 6.94. The molecule has 0 radical (unpaired) electrons. The van der Waals surface area contributed by atoms with E-state index in [0.29, 0.717) is 5.69 Å². The molecule has 1 rings (SSSR count). The molecule has 1 N–H and O–H groups in total. The Bertz CT molecular complexity index is 473. The average molecular weight is 291 g/mol. The molecule has 0 saturated carbocycles. The number of halogens is 1. The van der Waals surface area contributed by atoms with E-state index in [9.17, 15) is 8.42 Å². The van der Waals surface area contributed by atoms with E-state index in [-0.39, 0.29) is 0 Å². The SMILES string of the molecule is CCN(CC)Cc1cccc(NS(=O)(=O)CCl)c1. The van der Waals surface area contributed by atoms with Gasteiger partial charge in [-0.15, -0.1) is 11.6 Å². The number of alkyl halides is 1. The molecule has 0 spiro atoms. The third-order valence-corrected chi connectivity index (χ3v) is 4.34. The first-order chi connectivity index (χ1) is 8.50. The summed E-state index contributed by atoms with van der Waals surface area (Å²) in [6.07, 6.45) is 0. The van der Waals surface area contributed by atoms with Gasteiger partial charge in [0.1, 0.15) is 5.21 Å². The van der Waals surface area contributed by atoms with Crippen LogP contribution in [0.4, 0.5) is 5.69 Å². The third kappa shape index (κ3) is 4.84. The van der Waals surface area contributed by atoms with Crippen molar-refractivity contribution in [3.63, 3.8) is 0 Å². The summed E-state index contributed by atoms with van der Waals surface area (Å²) < 4.78 is 25.2. The molecule has 0 aliphatic heterocycles. The summed E-state index contributed by atoms with van der Waals surface area (Å²) in [5.74, 6) is 0. The molecular weight excluding hydrogens is 272 g/mol. The van der Waals surface area contributed by atoms with Crippen LogP contribution in [0.15, 0.2) is 24.3 Å². The molecule has 1 aromatic carbocycles. The molecule has 0 aliphatic carbocycles. The lowest BCUT2D eigenvalue weighted by Gasteiger charge is -2.18. The van der Waals surface area contributed by atoms with Crippen molar-refractivity contribution in [2.45, 2.75) is 20.4 Å². The summed E-state index contributed by atoms with van der Waals surface area (Å²) in [7, 11) is -3.43. The van der Waals surface area contributed by atoms with Crippen LogP contribution in [0.3, 0.4) is 0 Å². The second-order valence-electron chi connectivity index (χ2n) is 3.99. The molecule has 0 aromatic heterocycles. The smallest absolute Gasteiger partial charge is 0.246 e. The first-order valence-electron chi connectivity index (χ1n) is 5.88. The van der Waals surface area contributed by atoms with Gasteiger partial charge >= 0.3 is 0 Å². The molecule has 0 saturated heterocycles. The van der Waals surface area contributed by atoms with Gasteiger partial charge in [0.25, 0.3) is 0 Å².